The van der Waals surface area contributed by atoms with Crippen LogP contribution in [0, 0.1) is 0 Å². The van der Waals surface area contributed by atoms with E-state index in [1.165, 1.54) is 10.6 Å². The van der Waals surface area contributed by atoms with Crippen molar-refractivity contribution < 1.29 is 9.53 Å². The van der Waals surface area contributed by atoms with E-state index in [1.54, 1.807) is 11.8 Å². The topological polar surface area (TPSA) is 92.1 Å². The van der Waals surface area contributed by atoms with Crippen molar-refractivity contribution in [3.63, 3.8) is 0 Å². The van der Waals surface area contributed by atoms with Gasteiger partial charge in [0, 0.05) is 5.75 Å². The summed E-state index contributed by atoms with van der Waals surface area (Å²) in [7, 11) is 0. The maximum absolute atomic E-state index is 11.8. The van der Waals surface area contributed by atoms with Gasteiger partial charge in [-0.1, -0.05) is 6.08 Å². The second kappa shape index (κ2) is 5.30. The van der Waals surface area contributed by atoms with Crippen molar-refractivity contribution >= 4 is 17.8 Å². The number of amides is 1. The summed E-state index contributed by atoms with van der Waals surface area (Å²) in [6.07, 6.45) is 2.45. The SMILES string of the molecule is C=CCn1c(OC2CCSC2)nn(C(N)=O)c1=O. The van der Waals surface area contributed by atoms with Crippen molar-refractivity contribution in [1.82, 2.24) is 14.3 Å². The zero-order chi connectivity index (χ0) is 13.1. The smallest absolute Gasteiger partial charge is 0.357 e. The molecule has 1 amide bonds. The van der Waals surface area contributed by atoms with Gasteiger partial charge in [-0.2, -0.15) is 11.8 Å². The number of allylic oxidation sites excluding steroid dienone is 1. The van der Waals surface area contributed by atoms with E-state index in [0.29, 0.717) is 4.68 Å². The Bertz CT molecular complexity index is 516. The minimum absolute atomic E-state index is 0.0155. The van der Waals surface area contributed by atoms with E-state index in [9.17, 15) is 9.59 Å². The number of ether oxygens (including phenoxy) is 1. The van der Waals surface area contributed by atoms with Crippen LogP contribution in [-0.4, -0.2) is 38.0 Å². The first-order chi connectivity index (χ1) is 8.63. The van der Waals surface area contributed by atoms with Gasteiger partial charge < -0.3 is 10.5 Å². The Morgan fingerprint density at radius 2 is 2.50 bits per heavy atom. The fourth-order valence-corrected chi connectivity index (χ4v) is 2.74. The van der Waals surface area contributed by atoms with E-state index in [1.807, 2.05) is 0 Å². The highest BCUT2D eigenvalue weighted by Crippen LogP contribution is 2.21. The van der Waals surface area contributed by atoms with Crippen LogP contribution in [0.3, 0.4) is 0 Å². The molecule has 1 fully saturated rings. The van der Waals surface area contributed by atoms with E-state index in [-0.39, 0.29) is 18.7 Å². The van der Waals surface area contributed by atoms with Crippen molar-refractivity contribution in [2.24, 2.45) is 5.73 Å². The Morgan fingerprint density at radius 3 is 3.06 bits per heavy atom. The standard InChI is InChI=1S/C10H14N4O3S/c1-2-4-13-9(17-7-3-5-18-6-7)12-14(8(11)15)10(13)16/h2,7H,1,3-6H2,(H2,11,15). The van der Waals surface area contributed by atoms with E-state index in [2.05, 4.69) is 11.7 Å². The number of nitrogens with zero attached hydrogens (tertiary/aromatic N) is 3. The van der Waals surface area contributed by atoms with Crippen LogP contribution in [0.1, 0.15) is 6.42 Å². The van der Waals surface area contributed by atoms with Crippen molar-refractivity contribution in [3.8, 4) is 6.01 Å². The summed E-state index contributed by atoms with van der Waals surface area (Å²) >= 11 is 1.78. The molecule has 1 unspecified atom stereocenters. The molecule has 0 saturated carbocycles. The lowest BCUT2D eigenvalue weighted by Gasteiger charge is -2.10. The Morgan fingerprint density at radius 1 is 1.72 bits per heavy atom. The van der Waals surface area contributed by atoms with E-state index in [0.717, 1.165) is 17.9 Å². The maximum atomic E-state index is 11.8. The number of thioether (sulfide) groups is 1. The third kappa shape index (κ3) is 2.42. The van der Waals surface area contributed by atoms with Gasteiger partial charge in [-0.25, -0.2) is 14.2 Å². The van der Waals surface area contributed by atoms with Crippen molar-refractivity contribution in [2.45, 2.75) is 19.1 Å². The van der Waals surface area contributed by atoms with Crippen LogP contribution in [0.25, 0.3) is 0 Å². The zero-order valence-corrected chi connectivity index (χ0v) is 10.6. The van der Waals surface area contributed by atoms with Gasteiger partial charge >= 0.3 is 17.7 Å². The first kappa shape index (κ1) is 12.7. The highest BCUT2D eigenvalue weighted by molar-refractivity contribution is 7.99. The van der Waals surface area contributed by atoms with Gasteiger partial charge in [0.05, 0.1) is 6.54 Å². The number of nitrogens with two attached hydrogens (primary N) is 1. The van der Waals surface area contributed by atoms with E-state index >= 15 is 0 Å². The minimum atomic E-state index is -0.923. The molecule has 1 aromatic heterocycles. The number of aromatic nitrogens is 3. The van der Waals surface area contributed by atoms with Crippen LogP contribution >= 0.6 is 11.8 Å². The normalized spacial score (nSPS) is 18.8. The van der Waals surface area contributed by atoms with Gasteiger partial charge in [0.15, 0.2) is 0 Å². The molecular weight excluding hydrogens is 256 g/mol. The third-order valence-electron chi connectivity index (χ3n) is 2.51. The predicted molar refractivity (Wildman–Crippen MR) is 68.0 cm³/mol. The maximum Gasteiger partial charge on any atom is 0.357 e. The molecule has 98 valence electrons. The number of rotatable bonds is 4. The molecule has 1 aliphatic rings. The molecule has 7 nitrogen and oxygen atoms in total. The molecule has 18 heavy (non-hydrogen) atoms. The predicted octanol–water partition coefficient (Wildman–Crippen LogP) is 0.0419. The average molecular weight is 270 g/mol. The summed E-state index contributed by atoms with van der Waals surface area (Å²) in [5.74, 6) is 1.87. The first-order valence-electron chi connectivity index (χ1n) is 5.48. The summed E-state index contributed by atoms with van der Waals surface area (Å²) in [4.78, 5) is 22.9. The van der Waals surface area contributed by atoms with Crippen LogP contribution in [0.5, 0.6) is 6.01 Å². The van der Waals surface area contributed by atoms with Crippen molar-refractivity contribution in [3.05, 3.63) is 23.1 Å². The largest absolute Gasteiger partial charge is 0.459 e. The van der Waals surface area contributed by atoms with Gasteiger partial charge in [-0.3, -0.25) is 0 Å². The molecule has 1 aromatic rings. The number of carbonyl (C=O) groups is 1. The molecule has 2 rings (SSSR count). The lowest BCUT2D eigenvalue weighted by Crippen LogP contribution is -2.33. The summed E-state index contributed by atoms with van der Waals surface area (Å²) in [6.45, 7) is 3.78. The lowest BCUT2D eigenvalue weighted by molar-refractivity contribution is 0.199. The highest BCUT2D eigenvalue weighted by Gasteiger charge is 2.23. The Labute approximate surface area is 108 Å². The molecule has 2 N–H and O–H groups in total. The minimum Gasteiger partial charge on any atom is -0.459 e. The summed E-state index contributed by atoms with van der Waals surface area (Å²) in [5, 5.41) is 3.80. The summed E-state index contributed by atoms with van der Waals surface area (Å²) in [6, 6.07) is -0.806. The number of carbonyl (C=O) groups excluding carboxylic acids is 1. The lowest BCUT2D eigenvalue weighted by atomic mass is 10.3. The van der Waals surface area contributed by atoms with Crippen LogP contribution < -0.4 is 16.2 Å². The van der Waals surface area contributed by atoms with Crippen molar-refractivity contribution in [2.75, 3.05) is 11.5 Å². The van der Waals surface area contributed by atoms with Crippen LogP contribution in [-0.2, 0) is 6.54 Å². The molecule has 0 aliphatic carbocycles. The quantitative estimate of drug-likeness (QED) is 0.780. The van der Waals surface area contributed by atoms with Gasteiger partial charge in [0.1, 0.15) is 6.10 Å². The molecule has 0 radical (unpaired) electrons. The van der Waals surface area contributed by atoms with Crippen LogP contribution in [0.15, 0.2) is 17.4 Å². The van der Waals surface area contributed by atoms with Crippen LogP contribution in [0.2, 0.25) is 0 Å². The fourth-order valence-electron chi connectivity index (χ4n) is 1.65. The number of hydrogen-bond acceptors (Lipinski definition) is 5. The second-order valence-electron chi connectivity index (χ2n) is 3.82. The molecule has 0 aromatic carbocycles. The third-order valence-corrected chi connectivity index (χ3v) is 3.64. The van der Waals surface area contributed by atoms with E-state index < -0.39 is 11.7 Å². The molecule has 1 aliphatic heterocycles. The first-order valence-corrected chi connectivity index (χ1v) is 6.64. The van der Waals surface area contributed by atoms with Crippen LogP contribution in [0.4, 0.5) is 4.79 Å². The second-order valence-corrected chi connectivity index (χ2v) is 4.97. The van der Waals surface area contributed by atoms with Gasteiger partial charge in [-0.05, 0) is 12.2 Å². The monoisotopic (exact) mass is 270 g/mol. The zero-order valence-electron chi connectivity index (χ0n) is 9.74. The molecule has 0 bridgehead atoms. The van der Waals surface area contributed by atoms with Gasteiger partial charge in [0.25, 0.3) is 0 Å². The molecule has 2 heterocycles. The van der Waals surface area contributed by atoms with Gasteiger partial charge in [-0.15, -0.1) is 16.4 Å². The van der Waals surface area contributed by atoms with Gasteiger partial charge in [0.2, 0.25) is 0 Å². The summed E-state index contributed by atoms with van der Waals surface area (Å²) in [5.41, 5.74) is 4.46. The molecular formula is C10H14N4O3S. The molecule has 1 saturated heterocycles. The average Bonchev–Trinajstić information content (AvgIpc) is 2.92. The number of primary amides is 1. The number of hydrogen-bond donors (Lipinski definition) is 1. The Hall–Kier alpha value is -1.70. The van der Waals surface area contributed by atoms with Crippen molar-refractivity contribution in [1.29, 1.82) is 0 Å². The molecule has 0 spiro atoms. The fraction of sp³-hybridized carbons (Fsp3) is 0.500. The summed E-state index contributed by atoms with van der Waals surface area (Å²) < 4.78 is 7.46. The Kier molecular flexibility index (Phi) is 3.75. The van der Waals surface area contributed by atoms with E-state index in [4.69, 9.17) is 10.5 Å². The Balaban J connectivity index is 2.31. The highest BCUT2D eigenvalue weighted by atomic mass is 32.2. The molecule has 1 atom stereocenters. The molecule has 8 heteroatoms.